The van der Waals surface area contributed by atoms with Crippen LogP contribution < -0.4 is 25.4 Å². The number of ether oxygens (including phenoxy) is 2. The molecule has 0 aliphatic rings. The fourth-order valence-corrected chi connectivity index (χ4v) is 2.51. The van der Waals surface area contributed by atoms with Crippen LogP contribution in [-0.2, 0) is 4.79 Å². The number of primary amides is 1. The van der Waals surface area contributed by atoms with Crippen LogP contribution >= 0.6 is 0 Å². The first-order valence-corrected chi connectivity index (χ1v) is 8.64. The summed E-state index contributed by atoms with van der Waals surface area (Å²) in [6, 6.07) is 14.8. The van der Waals surface area contributed by atoms with Crippen LogP contribution in [0.3, 0.4) is 0 Å². The lowest BCUT2D eigenvalue weighted by Gasteiger charge is -2.19. The van der Waals surface area contributed by atoms with E-state index >= 15 is 0 Å². The summed E-state index contributed by atoms with van der Waals surface area (Å²) in [5.74, 6) is -0.0542. The van der Waals surface area contributed by atoms with Gasteiger partial charge in [-0.15, -0.1) is 0 Å². The topological polar surface area (TPSA) is 93.9 Å². The SMILES string of the molecule is COc1cc(C(=O)NCCCN(C)c2ccccc2)ccc1OCC(N)=O. The summed E-state index contributed by atoms with van der Waals surface area (Å²) in [4.78, 5) is 25.3. The van der Waals surface area contributed by atoms with Crippen LogP contribution in [0, 0.1) is 0 Å². The fraction of sp³-hybridized carbons (Fsp3) is 0.300. The summed E-state index contributed by atoms with van der Waals surface area (Å²) in [6.45, 7) is 1.13. The zero-order chi connectivity index (χ0) is 19.6. The second kappa shape index (κ2) is 10.1. The lowest BCUT2D eigenvalue weighted by Crippen LogP contribution is -2.28. The van der Waals surface area contributed by atoms with Gasteiger partial charge in [0.2, 0.25) is 0 Å². The summed E-state index contributed by atoms with van der Waals surface area (Å²) < 4.78 is 10.5. The highest BCUT2D eigenvalue weighted by Gasteiger charge is 2.12. The number of anilines is 1. The van der Waals surface area contributed by atoms with E-state index in [-0.39, 0.29) is 12.5 Å². The number of methoxy groups -OCH3 is 1. The fourth-order valence-electron chi connectivity index (χ4n) is 2.51. The molecule has 2 aromatic rings. The van der Waals surface area contributed by atoms with Crippen LogP contribution in [0.1, 0.15) is 16.8 Å². The Morgan fingerprint density at radius 3 is 2.52 bits per heavy atom. The van der Waals surface area contributed by atoms with Gasteiger partial charge in [-0.2, -0.15) is 0 Å². The van der Waals surface area contributed by atoms with Gasteiger partial charge in [-0.1, -0.05) is 18.2 Å². The molecule has 0 aliphatic heterocycles. The summed E-state index contributed by atoms with van der Waals surface area (Å²) in [6.07, 6.45) is 0.814. The van der Waals surface area contributed by atoms with Crippen molar-refractivity contribution in [1.29, 1.82) is 0 Å². The maximum absolute atomic E-state index is 12.3. The van der Waals surface area contributed by atoms with E-state index in [2.05, 4.69) is 10.2 Å². The number of nitrogens with one attached hydrogen (secondary N) is 1. The molecule has 0 fully saturated rings. The number of hydrogen-bond acceptors (Lipinski definition) is 5. The molecule has 0 spiro atoms. The van der Waals surface area contributed by atoms with Gasteiger partial charge in [-0.05, 0) is 36.8 Å². The molecule has 0 atom stereocenters. The van der Waals surface area contributed by atoms with Crippen molar-refractivity contribution in [1.82, 2.24) is 5.32 Å². The molecule has 0 unspecified atom stereocenters. The maximum Gasteiger partial charge on any atom is 0.255 e. The normalized spacial score (nSPS) is 10.1. The predicted octanol–water partition coefficient (Wildman–Crippen LogP) is 1.82. The number of carbonyl (C=O) groups is 2. The first kappa shape index (κ1) is 20.1. The molecule has 2 aromatic carbocycles. The number of nitrogens with zero attached hydrogens (tertiary/aromatic N) is 1. The minimum Gasteiger partial charge on any atom is -0.493 e. The standard InChI is InChI=1S/C20H25N3O4/c1-23(16-7-4-3-5-8-16)12-6-11-22-20(25)15-9-10-17(18(13-15)26-2)27-14-19(21)24/h3-5,7-10,13H,6,11-12,14H2,1-2H3,(H2,21,24)(H,22,25). The monoisotopic (exact) mass is 371 g/mol. The molecular formula is C20H25N3O4. The van der Waals surface area contributed by atoms with Gasteiger partial charge >= 0.3 is 0 Å². The van der Waals surface area contributed by atoms with E-state index in [0.717, 1.165) is 18.7 Å². The Morgan fingerprint density at radius 2 is 1.85 bits per heavy atom. The molecule has 7 heteroatoms. The molecule has 2 amide bonds. The van der Waals surface area contributed by atoms with Gasteiger partial charge in [0.25, 0.3) is 11.8 Å². The molecule has 2 rings (SSSR count). The Labute approximate surface area is 159 Å². The van der Waals surface area contributed by atoms with Gasteiger partial charge in [0.15, 0.2) is 18.1 Å². The zero-order valence-electron chi connectivity index (χ0n) is 15.6. The number of benzene rings is 2. The predicted molar refractivity (Wildman–Crippen MR) is 104 cm³/mol. The van der Waals surface area contributed by atoms with Gasteiger partial charge in [-0.3, -0.25) is 9.59 Å². The quantitative estimate of drug-likeness (QED) is 0.621. The van der Waals surface area contributed by atoms with Gasteiger partial charge in [0, 0.05) is 31.4 Å². The van der Waals surface area contributed by atoms with Crippen molar-refractivity contribution in [2.45, 2.75) is 6.42 Å². The van der Waals surface area contributed by atoms with Crippen molar-refractivity contribution in [3.63, 3.8) is 0 Å². The lowest BCUT2D eigenvalue weighted by atomic mass is 10.2. The average molecular weight is 371 g/mol. The van der Waals surface area contributed by atoms with E-state index in [0.29, 0.717) is 23.6 Å². The van der Waals surface area contributed by atoms with Crippen LogP contribution in [-0.4, -0.2) is 45.7 Å². The minimum absolute atomic E-state index is 0.197. The Bertz CT molecular complexity index is 765. The van der Waals surface area contributed by atoms with Crippen molar-refractivity contribution < 1.29 is 19.1 Å². The van der Waals surface area contributed by atoms with Crippen LogP contribution in [0.25, 0.3) is 0 Å². The number of hydrogen-bond donors (Lipinski definition) is 2. The highest BCUT2D eigenvalue weighted by Crippen LogP contribution is 2.28. The van der Waals surface area contributed by atoms with Gasteiger partial charge in [-0.25, -0.2) is 0 Å². The first-order chi connectivity index (χ1) is 13.0. The number of carbonyl (C=O) groups excluding carboxylic acids is 2. The first-order valence-electron chi connectivity index (χ1n) is 8.64. The molecular weight excluding hydrogens is 346 g/mol. The third kappa shape index (κ3) is 6.22. The molecule has 3 N–H and O–H groups in total. The summed E-state index contributed by atoms with van der Waals surface area (Å²) in [7, 11) is 3.49. The van der Waals surface area contributed by atoms with E-state index in [1.165, 1.54) is 7.11 Å². The van der Waals surface area contributed by atoms with Crippen molar-refractivity contribution >= 4 is 17.5 Å². The van der Waals surface area contributed by atoms with E-state index in [1.54, 1.807) is 18.2 Å². The van der Waals surface area contributed by atoms with Crippen molar-refractivity contribution in [2.75, 3.05) is 38.8 Å². The number of nitrogens with two attached hydrogens (primary N) is 1. The molecule has 0 aliphatic carbocycles. The molecule has 0 aromatic heterocycles. The number of rotatable bonds is 10. The van der Waals surface area contributed by atoms with Crippen molar-refractivity contribution in [3.8, 4) is 11.5 Å². The molecule has 0 saturated heterocycles. The van der Waals surface area contributed by atoms with Crippen LogP contribution in [0.5, 0.6) is 11.5 Å². The highest BCUT2D eigenvalue weighted by molar-refractivity contribution is 5.94. The summed E-state index contributed by atoms with van der Waals surface area (Å²) in [5.41, 5.74) is 6.66. The van der Waals surface area contributed by atoms with Crippen LogP contribution in [0.2, 0.25) is 0 Å². The van der Waals surface area contributed by atoms with Crippen LogP contribution in [0.4, 0.5) is 5.69 Å². The zero-order valence-corrected chi connectivity index (χ0v) is 15.6. The second-order valence-electron chi connectivity index (χ2n) is 5.99. The number of amides is 2. The van der Waals surface area contributed by atoms with E-state index in [4.69, 9.17) is 15.2 Å². The largest absolute Gasteiger partial charge is 0.493 e. The van der Waals surface area contributed by atoms with Crippen molar-refractivity contribution in [3.05, 3.63) is 54.1 Å². The van der Waals surface area contributed by atoms with E-state index in [9.17, 15) is 9.59 Å². The van der Waals surface area contributed by atoms with Gasteiger partial charge in [0.05, 0.1) is 7.11 Å². The lowest BCUT2D eigenvalue weighted by molar-refractivity contribution is -0.119. The molecule has 0 saturated carbocycles. The minimum atomic E-state index is -0.584. The molecule has 0 radical (unpaired) electrons. The number of para-hydroxylation sites is 1. The smallest absolute Gasteiger partial charge is 0.255 e. The molecule has 0 heterocycles. The van der Waals surface area contributed by atoms with E-state index in [1.807, 2.05) is 37.4 Å². The van der Waals surface area contributed by atoms with E-state index < -0.39 is 5.91 Å². The molecule has 7 nitrogen and oxygen atoms in total. The Morgan fingerprint density at radius 1 is 1.11 bits per heavy atom. The summed E-state index contributed by atoms with van der Waals surface area (Å²) >= 11 is 0. The van der Waals surface area contributed by atoms with Crippen molar-refractivity contribution in [2.24, 2.45) is 5.73 Å². The maximum atomic E-state index is 12.3. The molecule has 0 bridgehead atoms. The second-order valence-corrected chi connectivity index (χ2v) is 5.99. The summed E-state index contributed by atoms with van der Waals surface area (Å²) in [5, 5.41) is 2.89. The molecule has 27 heavy (non-hydrogen) atoms. The third-order valence-electron chi connectivity index (χ3n) is 3.95. The Kier molecular flexibility index (Phi) is 7.49. The average Bonchev–Trinajstić information content (AvgIpc) is 2.69. The Hall–Kier alpha value is -3.22. The molecule has 144 valence electrons. The highest BCUT2D eigenvalue weighted by atomic mass is 16.5. The van der Waals surface area contributed by atoms with Crippen LogP contribution in [0.15, 0.2) is 48.5 Å². The van der Waals surface area contributed by atoms with Gasteiger partial charge in [0.1, 0.15) is 0 Å². The Balaban J connectivity index is 1.83. The van der Waals surface area contributed by atoms with Gasteiger partial charge < -0.3 is 25.4 Å². The third-order valence-corrected chi connectivity index (χ3v) is 3.95.